The van der Waals surface area contributed by atoms with E-state index in [4.69, 9.17) is 11.6 Å². The molecule has 19 heavy (non-hydrogen) atoms. The van der Waals surface area contributed by atoms with Gasteiger partial charge in [0, 0.05) is 10.6 Å². The van der Waals surface area contributed by atoms with Crippen LogP contribution >= 0.6 is 11.6 Å². The second-order valence-corrected chi connectivity index (χ2v) is 4.84. The zero-order valence-corrected chi connectivity index (χ0v) is 11.1. The summed E-state index contributed by atoms with van der Waals surface area (Å²) in [6.45, 7) is 0. The minimum absolute atomic E-state index is 0.494. The first-order valence-electron chi connectivity index (χ1n) is 6.09. The van der Waals surface area contributed by atoms with Crippen LogP contribution in [0.2, 0.25) is 5.02 Å². The highest BCUT2D eigenvalue weighted by Gasteiger charge is 2.07. The van der Waals surface area contributed by atoms with Crippen molar-refractivity contribution in [3.63, 3.8) is 0 Å². The van der Waals surface area contributed by atoms with Crippen molar-refractivity contribution in [1.29, 1.82) is 0 Å². The van der Waals surface area contributed by atoms with Gasteiger partial charge in [-0.1, -0.05) is 48.0 Å². The second-order valence-electron chi connectivity index (χ2n) is 4.41. The first kappa shape index (κ1) is 13.8. The lowest BCUT2D eigenvalue weighted by molar-refractivity contribution is 0.168. The SMILES string of the molecule is O=[C]c1ccc(C(O)CCc2ccc(Cl)cc2)cc1. The van der Waals surface area contributed by atoms with E-state index in [1.54, 1.807) is 24.3 Å². The molecule has 0 aliphatic rings. The molecule has 1 radical (unpaired) electrons. The smallest absolute Gasteiger partial charge is 0.233 e. The lowest BCUT2D eigenvalue weighted by Crippen LogP contribution is -2.00. The number of aliphatic hydroxyl groups is 1. The first-order valence-corrected chi connectivity index (χ1v) is 6.47. The van der Waals surface area contributed by atoms with Gasteiger partial charge >= 0.3 is 0 Å². The summed E-state index contributed by atoms with van der Waals surface area (Å²) < 4.78 is 0. The highest BCUT2D eigenvalue weighted by atomic mass is 35.5. The Kier molecular flexibility index (Phi) is 4.72. The van der Waals surface area contributed by atoms with Gasteiger partial charge in [0.05, 0.1) is 6.10 Å². The molecule has 2 nitrogen and oxygen atoms in total. The summed E-state index contributed by atoms with van der Waals surface area (Å²) in [4.78, 5) is 10.4. The van der Waals surface area contributed by atoms with Gasteiger partial charge in [-0.05, 0) is 36.1 Å². The van der Waals surface area contributed by atoms with Crippen molar-refractivity contribution in [1.82, 2.24) is 0 Å². The van der Waals surface area contributed by atoms with Crippen molar-refractivity contribution in [2.24, 2.45) is 0 Å². The Morgan fingerprint density at radius 1 is 1.05 bits per heavy atom. The Hall–Kier alpha value is -1.64. The number of rotatable bonds is 5. The van der Waals surface area contributed by atoms with Crippen LogP contribution < -0.4 is 0 Å². The molecule has 1 N–H and O–H groups in total. The number of carbonyl (C=O) groups excluding carboxylic acids is 1. The molecule has 0 bridgehead atoms. The van der Waals surface area contributed by atoms with E-state index < -0.39 is 6.10 Å². The predicted octanol–water partition coefficient (Wildman–Crippen LogP) is 3.46. The van der Waals surface area contributed by atoms with E-state index in [0.29, 0.717) is 17.0 Å². The molecular weight excluding hydrogens is 260 g/mol. The van der Waals surface area contributed by atoms with Gasteiger partial charge < -0.3 is 5.11 Å². The fourth-order valence-corrected chi connectivity index (χ4v) is 2.02. The summed E-state index contributed by atoms with van der Waals surface area (Å²) in [5, 5.41) is 10.8. The van der Waals surface area contributed by atoms with E-state index in [2.05, 4.69) is 0 Å². The molecule has 3 heteroatoms. The Labute approximate surface area is 117 Å². The number of halogens is 1. The Morgan fingerprint density at radius 3 is 2.26 bits per heavy atom. The molecule has 97 valence electrons. The largest absolute Gasteiger partial charge is 0.388 e. The summed E-state index contributed by atoms with van der Waals surface area (Å²) in [5.41, 5.74) is 2.45. The number of aryl methyl sites for hydroxylation is 1. The molecule has 0 saturated carbocycles. The van der Waals surface area contributed by atoms with Gasteiger partial charge in [0.1, 0.15) is 0 Å². The van der Waals surface area contributed by atoms with Crippen LogP contribution in [0.5, 0.6) is 0 Å². The van der Waals surface area contributed by atoms with Crippen LogP contribution in [0.4, 0.5) is 0 Å². The van der Waals surface area contributed by atoms with Crippen LogP contribution in [0.15, 0.2) is 48.5 Å². The molecule has 1 unspecified atom stereocenters. The third kappa shape index (κ3) is 3.91. The highest BCUT2D eigenvalue weighted by molar-refractivity contribution is 6.30. The summed E-state index contributed by atoms with van der Waals surface area (Å²) in [7, 11) is 0. The van der Waals surface area contributed by atoms with Crippen molar-refractivity contribution in [3.8, 4) is 0 Å². The number of hydrogen-bond donors (Lipinski definition) is 1. The molecular formula is C16H14ClO2. The zero-order chi connectivity index (χ0) is 13.7. The molecule has 2 rings (SSSR count). The van der Waals surface area contributed by atoms with Gasteiger partial charge in [-0.3, -0.25) is 4.79 Å². The lowest BCUT2D eigenvalue weighted by Gasteiger charge is -2.11. The van der Waals surface area contributed by atoms with Crippen LogP contribution in [0, 0.1) is 0 Å². The molecule has 0 aliphatic carbocycles. The van der Waals surface area contributed by atoms with Gasteiger partial charge in [-0.2, -0.15) is 0 Å². The maximum atomic E-state index is 10.4. The van der Waals surface area contributed by atoms with E-state index in [-0.39, 0.29) is 0 Å². The molecule has 2 aromatic carbocycles. The van der Waals surface area contributed by atoms with E-state index >= 15 is 0 Å². The van der Waals surface area contributed by atoms with Crippen LogP contribution in [0.1, 0.15) is 29.2 Å². The second kappa shape index (κ2) is 6.50. The topological polar surface area (TPSA) is 37.3 Å². The molecule has 2 aromatic rings. The predicted molar refractivity (Wildman–Crippen MR) is 76.0 cm³/mol. The van der Waals surface area contributed by atoms with Gasteiger partial charge in [-0.15, -0.1) is 0 Å². The summed E-state index contributed by atoms with van der Waals surface area (Å²) in [6.07, 6.45) is 2.69. The maximum absolute atomic E-state index is 10.4. The molecule has 0 amide bonds. The van der Waals surface area contributed by atoms with Gasteiger partial charge in [0.2, 0.25) is 6.29 Å². The summed E-state index contributed by atoms with van der Waals surface area (Å²) in [6, 6.07) is 14.4. The Morgan fingerprint density at radius 2 is 1.68 bits per heavy atom. The molecule has 0 heterocycles. The molecule has 0 fully saturated rings. The molecule has 1 atom stereocenters. The molecule has 0 aliphatic heterocycles. The monoisotopic (exact) mass is 273 g/mol. The average Bonchev–Trinajstić information content (AvgIpc) is 2.46. The first-order chi connectivity index (χ1) is 9.19. The minimum atomic E-state index is -0.531. The molecule has 0 aromatic heterocycles. The third-order valence-electron chi connectivity index (χ3n) is 3.03. The average molecular weight is 274 g/mol. The maximum Gasteiger partial charge on any atom is 0.233 e. The van der Waals surface area contributed by atoms with Gasteiger partial charge in [-0.25, -0.2) is 0 Å². The van der Waals surface area contributed by atoms with E-state index in [1.165, 1.54) is 0 Å². The van der Waals surface area contributed by atoms with Crippen molar-refractivity contribution in [2.45, 2.75) is 18.9 Å². The van der Waals surface area contributed by atoms with Gasteiger partial charge in [0.25, 0.3) is 0 Å². The quantitative estimate of drug-likeness (QED) is 0.906. The fraction of sp³-hybridized carbons (Fsp3) is 0.188. The lowest BCUT2D eigenvalue weighted by atomic mass is 10.0. The normalized spacial score (nSPS) is 12.1. The van der Waals surface area contributed by atoms with Crippen molar-refractivity contribution >= 4 is 17.9 Å². The minimum Gasteiger partial charge on any atom is -0.388 e. The Bertz CT molecular complexity index is 532. The highest BCUT2D eigenvalue weighted by Crippen LogP contribution is 2.20. The zero-order valence-electron chi connectivity index (χ0n) is 10.3. The number of benzene rings is 2. The number of aliphatic hydroxyl groups excluding tert-OH is 1. The standard InChI is InChI=1S/C16H14ClO2/c17-15-8-3-12(4-9-15)5-10-16(19)14-6-1-13(11-18)2-7-14/h1-4,6-9,16,19H,5,10H2. The molecule has 0 saturated heterocycles. The van der Waals surface area contributed by atoms with Crippen molar-refractivity contribution in [3.05, 3.63) is 70.2 Å². The summed E-state index contributed by atoms with van der Waals surface area (Å²) >= 11 is 5.82. The summed E-state index contributed by atoms with van der Waals surface area (Å²) in [5.74, 6) is 0. The third-order valence-corrected chi connectivity index (χ3v) is 3.28. The van der Waals surface area contributed by atoms with E-state index in [9.17, 15) is 9.90 Å². The van der Waals surface area contributed by atoms with Crippen molar-refractivity contribution in [2.75, 3.05) is 0 Å². The van der Waals surface area contributed by atoms with Crippen LogP contribution in [-0.4, -0.2) is 11.4 Å². The van der Waals surface area contributed by atoms with Crippen LogP contribution in [0.3, 0.4) is 0 Å². The number of hydrogen-bond acceptors (Lipinski definition) is 2. The van der Waals surface area contributed by atoms with Crippen LogP contribution in [-0.2, 0) is 11.2 Å². The van der Waals surface area contributed by atoms with E-state index in [1.807, 2.05) is 30.6 Å². The van der Waals surface area contributed by atoms with Gasteiger partial charge in [0.15, 0.2) is 0 Å². The Balaban J connectivity index is 1.94. The fourth-order valence-electron chi connectivity index (χ4n) is 1.89. The van der Waals surface area contributed by atoms with E-state index in [0.717, 1.165) is 17.5 Å². The van der Waals surface area contributed by atoms with Crippen molar-refractivity contribution < 1.29 is 9.90 Å². The molecule has 0 spiro atoms. The van der Waals surface area contributed by atoms with Crippen LogP contribution in [0.25, 0.3) is 0 Å².